The van der Waals surface area contributed by atoms with Gasteiger partial charge in [-0.1, -0.05) is 13.3 Å². The van der Waals surface area contributed by atoms with E-state index in [1.54, 1.807) is 0 Å². The number of hydrogen-bond acceptors (Lipinski definition) is 4. The van der Waals surface area contributed by atoms with Gasteiger partial charge in [0.15, 0.2) is 0 Å². The molecule has 3 atom stereocenters. The molecule has 2 fully saturated rings. The Bertz CT molecular complexity index is 341. The lowest BCUT2D eigenvalue weighted by molar-refractivity contribution is -0.00340. The first-order chi connectivity index (χ1) is 9.72. The van der Waals surface area contributed by atoms with Gasteiger partial charge in [-0.2, -0.15) is 5.26 Å². The molecule has 1 saturated heterocycles. The number of hydrogen-bond donors (Lipinski definition) is 1. The molecule has 2 rings (SSSR count). The molecule has 4 heteroatoms. The van der Waals surface area contributed by atoms with E-state index in [-0.39, 0.29) is 5.54 Å². The van der Waals surface area contributed by atoms with Crippen molar-refractivity contribution in [2.75, 3.05) is 32.8 Å². The smallest absolute Gasteiger partial charge is 0.109 e. The highest BCUT2D eigenvalue weighted by molar-refractivity contribution is 5.14. The number of nitrogens with zero attached hydrogens (tertiary/aromatic N) is 2. The normalized spacial score (nSPS) is 35.0. The van der Waals surface area contributed by atoms with Crippen LogP contribution in [0.1, 0.15) is 46.0 Å². The molecule has 20 heavy (non-hydrogen) atoms. The highest BCUT2D eigenvalue weighted by atomic mass is 16.5. The third-order valence-corrected chi connectivity index (χ3v) is 4.98. The van der Waals surface area contributed by atoms with E-state index in [0.717, 1.165) is 52.1 Å². The van der Waals surface area contributed by atoms with Crippen LogP contribution in [-0.4, -0.2) is 49.3 Å². The number of morpholine rings is 1. The molecule has 114 valence electrons. The lowest BCUT2D eigenvalue weighted by Gasteiger charge is -2.36. The van der Waals surface area contributed by atoms with Crippen molar-refractivity contribution >= 4 is 0 Å². The molecule has 2 aliphatic rings. The van der Waals surface area contributed by atoms with Gasteiger partial charge in [0, 0.05) is 12.6 Å². The zero-order chi connectivity index (χ0) is 14.4. The van der Waals surface area contributed by atoms with E-state index in [9.17, 15) is 5.26 Å². The van der Waals surface area contributed by atoms with E-state index in [2.05, 4.69) is 30.1 Å². The zero-order valence-corrected chi connectivity index (χ0v) is 13.0. The molecule has 0 amide bonds. The topological polar surface area (TPSA) is 48.3 Å². The Labute approximate surface area is 123 Å². The van der Waals surface area contributed by atoms with Gasteiger partial charge in [-0.15, -0.1) is 0 Å². The summed E-state index contributed by atoms with van der Waals surface area (Å²) in [7, 11) is 0. The molecule has 0 bridgehead atoms. The molecule has 0 spiro atoms. The van der Waals surface area contributed by atoms with Gasteiger partial charge >= 0.3 is 0 Å². The fraction of sp³-hybridized carbons (Fsp3) is 0.938. The number of ether oxygens (including phenoxy) is 1. The van der Waals surface area contributed by atoms with Crippen molar-refractivity contribution in [1.29, 1.82) is 5.26 Å². The quantitative estimate of drug-likeness (QED) is 0.809. The predicted molar refractivity (Wildman–Crippen MR) is 80.4 cm³/mol. The van der Waals surface area contributed by atoms with Gasteiger partial charge in [-0.05, 0) is 51.6 Å². The Morgan fingerprint density at radius 2 is 2.35 bits per heavy atom. The van der Waals surface area contributed by atoms with Crippen molar-refractivity contribution in [2.24, 2.45) is 5.92 Å². The summed E-state index contributed by atoms with van der Waals surface area (Å²) >= 11 is 0. The molecule has 0 aromatic heterocycles. The van der Waals surface area contributed by atoms with E-state index in [1.165, 1.54) is 12.8 Å². The second kappa shape index (κ2) is 7.40. The van der Waals surface area contributed by atoms with Gasteiger partial charge < -0.3 is 4.74 Å². The fourth-order valence-electron chi connectivity index (χ4n) is 3.65. The van der Waals surface area contributed by atoms with Gasteiger partial charge in [0.1, 0.15) is 5.54 Å². The molecule has 4 nitrogen and oxygen atoms in total. The van der Waals surface area contributed by atoms with Crippen LogP contribution in [0, 0.1) is 17.2 Å². The third kappa shape index (κ3) is 3.52. The van der Waals surface area contributed by atoms with Crippen LogP contribution in [0.15, 0.2) is 0 Å². The monoisotopic (exact) mass is 279 g/mol. The van der Waals surface area contributed by atoms with Gasteiger partial charge in [0.2, 0.25) is 0 Å². The van der Waals surface area contributed by atoms with E-state index in [0.29, 0.717) is 12.0 Å². The maximum absolute atomic E-state index is 9.66. The maximum atomic E-state index is 9.66. The summed E-state index contributed by atoms with van der Waals surface area (Å²) < 4.78 is 5.49. The van der Waals surface area contributed by atoms with Crippen molar-refractivity contribution in [2.45, 2.75) is 57.5 Å². The predicted octanol–water partition coefficient (Wildman–Crippen LogP) is 2.16. The standard InChI is InChI=1S/C16H29N3O/c1-3-8-18-16(13-17)7-4-5-15(16)6-9-19-10-11-20-12-14(19)2/h14-15,18H,3-12H2,1-2H3. The van der Waals surface area contributed by atoms with Gasteiger partial charge in [-0.25, -0.2) is 0 Å². The fourth-order valence-corrected chi connectivity index (χ4v) is 3.65. The van der Waals surface area contributed by atoms with Gasteiger partial charge in [0.05, 0.1) is 19.3 Å². The Morgan fingerprint density at radius 3 is 3.05 bits per heavy atom. The SMILES string of the molecule is CCCNC1(C#N)CCCC1CCN1CCOCC1C. The highest BCUT2D eigenvalue weighted by Gasteiger charge is 2.42. The van der Waals surface area contributed by atoms with Crippen LogP contribution >= 0.6 is 0 Å². The number of nitriles is 1. The second-order valence-electron chi connectivity index (χ2n) is 6.35. The van der Waals surface area contributed by atoms with E-state index in [4.69, 9.17) is 4.74 Å². The molecular formula is C16H29N3O. The minimum atomic E-state index is -0.258. The van der Waals surface area contributed by atoms with Crippen molar-refractivity contribution in [3.63, 3.8) is 0 Å². The first-order valence-corrected chi connectivity index (χ1v) is 8.20. The van der Waals surface area contributed by atoms with Crippen LogP contribution in [0.5, 0.6) is 0 Å². The van der Waals surface area contributed by atoms with Crippen LogP contribution < -0.4 is 5.32 Å². The second-order valence-corrected chi connectivity index (χ2v) is 6.35. The van der Waals surface area contributed by atoms with Crippen molar-refractivity contribution in [1.82, 2.24) is 10.2 Å². The number of rotatable bonds is 6. The van der Waals surface area contributed by atoms with Crippen LogP contribution in [0.4, 0.5) is 0 Å². The Kier molecular flexibility index (Phi) is 5.83. The molecule has 1 heterocycles. The van der Waals surface area contributed by atoms with Gasteiger partial charge in [-0.3, -0.25) is 10.2 Å². The molecule has 1 N–H and O–H groups in total. The van der Waals surface area contributed by atoms with Crippen molar-refractivity contribution in [3.05, 3.63) is 0 Å². The summed E-state index contributed by atoms with van der Waals surface area (Å²) in [5, 5.41) is 13.2. The number of nitrogens with one attached hydrogen (secondary N) is 1. The van der Waals surface area contributed by atoms with E-state index < -0.39 is 0 Å². The molecule has 3 unspecified atom stereocenters. The Balaban J connectivity index is 1.88. The molecule has 0 aromatic rings. The first kappa shape index (κ1) is 15.8. The highest BCUT2D eigenvalue weighted by Crippen LogP contribution is 2.37. The summed E-state index contributed by atoms with van der Waals surface area (Å²) in [5.41, 5.74) is -0.258. The third-order valence-electron chi connectivity index (χ3n) is 4.98. The minimum Gasteiger partial charge on any atom is -0.379 e. The van der Waals surface area contributed by atoms with Crippen LogP contribution in [0.3, 0.4) is 0 Å². The summed E-state index contributed by atoms with van der Waals surface area (Å²) in [4.78, 5) is 2.52. The molecule has 1 saturated carbocycles. The summed E-state index contributed by atoms with van der Waals surface area (Å²) in [5.74, 6) is 0.508. The molecule has 0 radical (unpaired) electrons. The minimum absolute atomic E-state index is 0.258. The summed E-state index contributed by atoms with van der Waals surface area (Å²) in [6.45, 7) is 9.20. The summed E-state index contributed by atoms with van der Waals surface area (Å²) in [6, 6.07) is 3.13. The van der Waals surface area contributed by atoms with Crippen LogP contribution in [0.25, 0.3) is 0 Å². The Morgan fingerprint density at radius 1 is 1.50 bits per heavy atom. The molecule has 0 aromatic carbocycles. The summed E-state index contributed by atoms with van der Waals surface area (Å²) in [6.07, 6.45) is 5.63. The van der Waals surface area contributed by atoms with Crippen molar-refractivity contribution in [3.8, 4) is 6.07 Å². The average Bonchev–Trinajstić information content (AvgIpc) is 2.88. The first-order valence-electron chi connectivity index (χ1n) is 8.20. The maximum Gasteiger partial charge on any atom is 0.109 e. The Hall–Kier alpha value is -0.630. The van der Waals surface area contributed by atoms with Crippen LogP contribution in [0.2, 0.25) is 0 Å². The lowest BCUT2D eigenvalue weighted by Crippen LogP contribution is -2.49. The lowest BCUT2D eigenvalue weighted by atomic mass is 9.85. The van der Waals surface area contributed by atoms with E-state index >= 15 is 0 Å². The van der Waals surface area contributed by atoms with Gasteiger partial charge in [0.25, 0.3) is 0 Å². The molecule has 1 aliphatic heterocycles. The molecular weight excluding hydrogens is 250 g/mol. The van der Waals surface area contributed by atoms with E-state index in [1.807, 2.05) is 0 Å². The van der Waals surface area contributed by atoms with Crippen molar-refractivity contribution < 1.29 is 4.74 Å². The zero-order valence-electron chi connectivity index (χ0n) is 13.0. The largest absolute Gasteiger partial charge is 0.379 e. The average molecular weight is 279 g/mol. The molecule has 1 aliphatic carbocycles. The van der Waals surface area contributed by atoms with Crippen LogP contribution in [-0.2, 0) is 4.74 Å².